The van der Waals surface area contributed by atoms with Gasteiger partial charge in [-0.1, -0.05) is 13.8 Å². The van der Waals surface area contributed by atoms with Crippen LogP contribution in [-0.2, 0) is 4.74 Å². The first-order valence-electron chi connectivity index (χ1n) is 4.29. The van der Waals surface area contributed by atoms with Crippen LogP contribution in [0.2, 0.25) is 0 Å². The lowest BCUT2D eigenvalue weighted by molar-refractivity contribution is 0.131. The molecule has 0 amide bonds. The van der Waals surface area contributed by atoms with Crippen LogP contribution in [0.4, 0.5) is 4.79 Å². The zero-order valence-electron chi connectivity index (χ0n) is 8.15. The molecule has 0 N–H and O–H groups in total. The minimum absolute atomic E-state index is 0.347. The van der Waals surface area contributed by atoms with Gasteiger partial charge >= 0.3 is 6.09 Å². The molecule has 0 spiro atoms. The van der Waals surface area contributed by atoms with E-state index in [1.807, 2.05) is 20.8 Å². The highest BCUT2D eigenvalue weighted by Gasteiger charge is 2.09. The first-order chi connectivity index (χ1) is 6.11. The second kappa shape index (κ2) is 4.07. The van der Waals surface area contributed by atoms with Gasteiger partial charge in [0.1, 0.15) is 0 Å². The summed E-state index contributed by atoms with van der Waals surface area (Å²) in [4.78, 5) is 11.3. The Balaban J connectivity index is 2.54. The highest BCUT2D eigenvalue weighted by molar-refractivity contribution is 5.70. The molecule has 1 heterocycles. The van der Waals surface area contributed by atoms with Gasteiger partial charge < -0.3 is 4.74 Å². The molecule has 72 valence electrons. The van der Waals surface area contributed by atoms with Crippen molar-refractivity contribution in [1.29, 1.82) is 0 Å². The van der Waals surface area contributed by atoms with Gasteiger partial charge in [0.15, 0.2) is 0 Å². The molecule has 13 heavy (non-hydrogen) atoms. The number of nitrogens with zero attached hydrogens (tertiary/aromatic N) is 2. The molecule has 0 aliphatic heterocycles. The first-order valence-corrected chi connectivity index (χ1v) is 4.29. The van der Waals surface area contributed by atoms with Crippen molar-refractivity contribution in [2.75, 3.05) is 6.61 Å². The van der Waals surface area contributed by atoms with E-state index in [1.54, 1.807) is 12.3 Å². The molecular weight excluding hydrogens is 168 g/mol. The third kappa shape index (κ3) is 2.57. The molecule has 0 aromatic carbocycles. The largest absolute Gasteiger partial charge is 0.448 e. The van der Waals surface area contributed by atoms with Crippen molar-refractivity contribution in [1.82, 2.24) is 9.78 Å². The van der Waals surface area contributed by atoms with Crippen molar-refractivity contribution >= 4 is 6.09 Å². The van der Waals surface area contributed by atoms with Crippen molar-refractivity contribution < 1.29 is 9.53 Å². The predicted molar refractivity (Wildman–Crippen MR) is 48.5 cm³/mol. The van der Waals surface area contributed by atoms with E-state index in [2.05, 4.69) is 5.10 Å². The maximum absolute atomic E-state index is 11.3. The summed E-state index contributed by atoms with van der Waals surface area (Å²) in [6, 6.07) is 1.76. The van der Waals surface area contributed by atoms with E-state index in [9.17, 15) is 4.79 Å². The minimum atomic E-state index is -0.406. The molecule has 0 aliphatic carbocycles. The molecule has 0 aliphatic rings. The lowest BCUT2D eigenvalue weighted by atomic mass is 10.2. The van der Waals surface area contributed by atoms with Crippen LogP contribution in [0.1, 0.15) is 19.5 Å². The summed E-state index contributed by atoms with van der Waals surface area (Å²) < 4.78 is 6.24. The molecule has 4 nitrogen and oxygen atoms in total. The molecule has 1 rings (SSSR count). The number of aryl methyl sites for hydroxylation is 1. The van der Waals surface area contributed by atoms with Crippen LogP contribution in [0.15, 0.2) is 12.3 Å². The molecule has 1 aromatic rings. The number of carbonyl (C=O) groups is 1. The number of hydrogen-bond acceptors (Lipinski definition) is 3. The average molecular weight is 182 g/mol. The zero-order chi connectivity index (χ0) is 9.84. The molecular formula is C9H14N2O2. The summed E-state index contributed by atoms with van der Waals surface area (Å²) >= 11 is 0. The van der Waals surface area contributed by atoms with Crippen molar-refractivity contribution in [3.63, 3.8) is 0 Å². The topological polar surface area (TPSA) is 44.1 Å². The van der Waals surface area contributed by atoms with Crippen LogP contribution >= 0.6 is 0 Å². The highest BCUT2D eigenvalue weighted by atomic mass is 16.6. The summed E-state index contributed by atoms with van der Waals surface area (Å²) in [5, 5.41) is 3.84. The third-order valence-corrected chi connectivity index (χ3v) is 1.55. The quantitative estimate of drug-likeness (QED) is 0.700. The van der Waals surface area contributed by atoms with Gasteiger partial charge in [0.05, 0.1) is 6.61 Å². The van der Waals surface area contributed by atoms with Gasteiger partial charge in [-0.2, -0.15) is 9.78 Å². The van der Waals surface area contributed by atoms with E-state index in [1.165, 1.54) is 4.68 Å². The summed E-state index contributed by atoms with van der Waals surface area (Å²) in [5.74, 6) is 0.347. The molecule has 0 radical (unpaired) electrons. The Hall–Kier alpha value is -1.32. The van der Waals surface area contributed by atoms with Crippen LogP contribution in [0.3, 0.4) is 0 Å². The molecule has 4 heteroatoms. The van der Waals surface area contributed by atoms with E-state index in [-0.39, 0.29) is 0 Å². The number of carbonyl (C=O) groups excluding carboxylic acids is 1. The van der Waals surface area contributed by atoms with E-state index in [0.29, 0.717) is 12.5 Å². The van der Waals surface area contributed by atoms with Gasteiger partial charge in [-0.3, -0.25) is 0 Å². The molecule has 0 bridgehead atoms. The number of ether oxygens (including phenoxy) is 1. The number of rotatable bonds is 2. The van der Waals surface area contributed by atoms with E-state index >= 15 is 0 Å². The fraction of sp³-hybridized carbons (Fsp3) is 0.556. The molecule has 0 unspecified atom stereocenters. The van der Waals surface area contributed by atoms with Crippen molar-refractivity contribution in [3.8, 4) is 0 Å². The van der Waals surface area contributed by atoms with Crippen LogP contribution in [0, 0.1) is 12.8 Å². The maximum Gasteiger partial charge on any atom is 0.434 e. The SMILES string of the molecule is Cc1ccnn1C(=O)OCC(C)C. The number of aromatic nitrogens is 2. The minimum Gasteiger partial charge on any atom is -0.448 e. The normalized spacial score (nSPS) is 10.5. The Morgan fingerprint density at radius 1 is 1.69 bits per heavy atom. The Bertz CT molecular complexity index is 292. The van der Waals surface area contributed by atoms with Crippen molar-refractivity contribution in [2.24, 2.45) is 5.92 Å². The van der Waals surface area contributed by atoms with Crippen LogP contribution < -0.4 is 0 Å². The molecule has 0 saturated heterocycles. The Kier molecular flexibility index (Phi) is 3.06. The van der Waals surface area contributed by atoms with Gasteiger partial charge in [-0.15, -0.1) is 0 Å². The summed E-state index contributed by atoms with van der Waals surface area (Å²) in [7, 11) is 0. The summed E-state index contributed by atoms with van der Waals surface area (Å²) in [6.45, 7) is 6.22. The summed E-state index contributed by atoms with van der Waals surface area (Å²) in [6.07, 6.45) is 1.17. The first kappa shape index (κ1) is 9.77. The predicted octanol–water partition coefficient (Wildman–Crippen LogP) is 1.83. The standard InChI is InChI=1S/C9H14N2O2/c1-7(2)6-13-9(12)11-8(3)4-5-10-11/h4-5,7H,6H2,1-3H3. The average Bonchev–Trinajstić information content (AvgIpc) is 2.47. The molecule has 1 aromatic heterocycles. The van der Waals surface area contributed by atoms with Crippen LogP contribution in [0.5, 0.6) is 0 Å². The zero-order valence-corrected chi connectivity index (χ0v) is 8.15. The summed E-state index contributed by atoms with van der Waals surface area (Å²) in [5.41, 5.74) is 0.786. The lowest BCUT2D eigenvalue weighted by Gasteiger charge is -2.07. The molecule has 0 saturated carbocycles. The van der Waals surface area contributed by atoms with E-state index in [0.717, 1.165) is 5.69 Å². The van der Waals surface area contributed by atoms with Crippen LogP contribution in [0.25, 0.3) is 0 Å². The van der Waals surface area contributed by atoms with Crippen molar-refractivity contribution in [3.05, 3.63) is 18.0 Å². The monoisotopic (exact) mass is 182 g/mol. The van der Waals surface area contributed by atoms with E-state index < -0.39 is 6.09 Å². The van der Waals surface area contributed by atoms with Crippen LogP contribution in [-0.4, -0.2) is 22.5 Å². The van der Waals surface area contributed by atoms with Gasteiger partial charge in [0.25, 0.3) is 0 Å². The second-order valence-electron chi connectivity index (χ2n) is 3.36. The van der Waals surface area contributed by atoms with E-state index in [4.69, 9.17) is 4.74 Å². The third-order valence-electron chi connectivity index (χ3n) is 1.55. The van der Waals surface area contributed by atoms with Gasteiger partial charge in [0.2, 0.25) is 0 Å². The van der Waals surface area contributed by atoms with Crippen molar-refractivity contribution in [2.45, 2.75) is 20.8 Å². The highest BCUT2D eigenvalue weighted by Crippen LogP contribution is 1.99. The fourth-order valence-corrected chi connectivity index (χ4v) is 0.860. The number of hydrogen-bond donors (Lipinski definition) is 0. The Labute approximate surface area is 77.5 Å². The second-order valence-corrected chi connectivity index (χ2v) is 3.36. The lowest BCUT2D eigenvalue weighted by Crippen LogP contribution is -2.18. The Morgan fingerprint density at radius 2 is 2.38 bits per heavy atom. The smallest absolute Gasteiger partial charge is 0.434 e. The van der Waals surface area contributed by atoms with Gasteiger partial charge in [0, 0.05) is 11.9 Å². The Morgan fingerprint density at radius 3 is 2.85 bits per heavy atom. The maximum atomic E-state index is 11.3. The van der Waals surface area contributed by atoms with Gasteiger partial charge in [-0.25, -0.2) is 4.79 Å². The molecule has 0 fully saturated rings. The van der Waals surface area contributed by atoms with Gasteiger partial charge in [-0.05, 0) is 18.9 Å². The molecule has 0 atom stereocenters. The fourth-order valence-electron chi connectivity index (χ4n) is 0.860.